The fourth-order valence-corrected chi connectivity index (χ4v) is 1.61. The van der Waals surface area contributed by atoms with Crippen molar-refractivity contribution in [2.24, 2.45) is 5.73 Å². The molecule has 0 aliphatic carbocycles. The summed E-state index contributed by atoms with van der Waals surface area (Å²) < 4.78 is 5.77. The van der Waals surface area contributed by atoms with Crippen LogP contribution in [0, 0.1) is 13.8 Å². The SMILES string of the molecule is Cc1ccc(Oc2ccc(CN)cc2)cc1C.Cl. The van der Waals surface area contributed by atoms with E-state index >= 15 is 0 Å². The van der Waals surface area contributed by atoms with Gasteiger partial charge in [0.1, 0.15) is 11.5 Å². The molecule has 2 nitrogen and oxygen atoms in total. The topological polar surface area (TPSA) is 35.2 Å². The fourth-order valence-electron chi connectivity index (χ4n) is 1.61. The van der Waals surface area contributed by atoms with Crippen molar-refractivity contribution < 1.29 is 4.74 Å². The van der Waals surface area contributed by atoms with Crippen LogP contribution in [0.1, 0.15) is 16.7 Å². The molecule has 0 aliphatic rings. The van der Waals surface area contributed by atoms with Gasteiger partial charge in [-0.2, -0.15) is 0 Å². The molecule has 0 unspecified atom stereocenters. The second-order valence-electron chi connectivity index (χ2n) is 4.20. The molecule has 0 bridgehead atoms. The lowest BCUT2D eigenvalue weighted by Gasteiger charge is -2.08. The molecule has 2 rings (SSSR count). The molecular formula is C15H18ClNO. The van der Waals surface area contributed by atoms with Crippen LogP contribution in [0.4, 0.5) is 0 Å². The summed E-state index contributed by atoms with van der Waals surface area (Å²) in [5, 5.41) is 0. The molecule has 18 heavy (non-hydrogen) atoms. The molecule has 0 fully saturated rings. The Morgan fingerprint density at radius 3 is 2.06 bits per heavy atom. The zero-order chi connectivity index (χ0) is 12.3. The van der Waals surface area contributed by atoms with E-state index in [-0.39, 0.29) is 12.4 Å². The van der Waals surface area contributed by atoms with E-state index in [2.05, 4.69) is 19.9 Å². The van der Waals surface area contributed by atoms with E-state index in [0.29, 0.717) is 6.54 Å². The highest BCUT2D eigenvalue weighted by Gasteiger charge is 1.99. The van der Waals surface area contributed by atoms with E-state index in [0.717, 1.165) is 17.1 Å². The van der Waals surface area contributed by atoms with Gasteiger partial charge in [-0.15, -0.1) is 12.4 Å². The first-order valence-electron chi connectivity index (χ1n) is 5.73. The second kappa shape index (κ2) is 6.43. The van der Waals surface area contributed by atoms with Gasteiger partial charge >= 0.3 is 0 Å². The molecule has 0 saturated heterocycles. The molecule has 0 heterocycles. The average Bonchev–Trinajstić information content (AvgIpc) is 2.35. The molecule has 0 radical (unpaired) electrons. The minimum absolute atomic E-state index is 0. The number of benzene rings is 2. The molecule has 0 aliphatic heterocycles. The molecule has 0 aromatic heterocycles. The summed E-state index contributed by atoms with van der Waals surface area (Å²) in [6.45, 7) is 4.73. The lowest BCUT2D eigenvalue weighted by atomic mass is 10.1. The fraction of sp³-hybridized carbons (Fsp3) is 0.200. The lowest BCUT2D eigenvalue weighted by Crippen LogP contribution is -1.95. The Kier molecular flexibility index (Phi) is 5.20. The molecule has 0 atom stereocenters. The third-order valence-corrected chi connectivity index (χ3v) is 2.87. The smallest absolute Gasteiger partial charge is 0.127 e. The maximum absolute atomic E-state index is 5.77. The van der Waals surface area contributed by atoms with E-state index in [1.54, 1.807) is 0 Å². The third-order valence-electron chi connectivity index (χ3n) is 2.87. The van der Waals surface area contributed by atoms with E-state index in [4.69, 9.17) is 10.5 Å². The van der Waals surface area contributed by atoms with Gasteiger partial charge in [0, 0.05) is 6.54 Å². The van der Waals surface area contributed by atoms with Crippen molar-refractivity contribution in [1.82, 2.24) is 0 Å². The maximum atomic E-state index is 5.77. The number of nitrogens with two attached hydrogens (primary N) is 1. The highest BCUT2D eigenvalue weighted by molar-refractivity contribution is 5.85. The molecule has 2 aromatic rings. The van der Waals surface area contributed by atoms with Crippen LogP contribution in [0.5, 0.6) is 11.5 Å². The monoisotopic (exact) mass is 263 g/mol. The van der Waals surface area contributed by atoms with E-state index in [9.17, 15) is 0 Å². The molecule has 0 amide bonds. The lowest BCUT2D eigenvalue weighted by molar-refractivity contribution is 0.482. The average molecular weight is 264 g/mol. The van der Waals surface area contributed by atoms with Crippen molar-refractivity contribution in [3.8, 4) is 11.5 Å². The Hall–Kier alpha value is -1.51. The third kappa shape index (κ3) is 3.49. The van der Waals surface area contributed by atoms with Gasteiger partial charge in [0.25, 0.3) is 0 Å². The highest BCUT2D eigenvalue weighted by Crippen LogP contribution is 2.23. The molecule has 2 N–H and O–H groups in total. The van der Waals surface area contributed by atoms with Crippen molar-refractivity contribution in [3.05, 3.63) is 59.2 Å². The number of hydrogen-bond donors (Lipinski definition) is 1. The summed E-state index contributed by atoms with van der Waals surface area (Å²) in [4.78, 5) is 0. The Morgan fingerprint density at radius 2 is 1.50 bits per heavy atom. The Balaban J connectivity index is 0.00000162. The van der Waals surface area contributed by atoms with E-state index in [1.807, 2.05) is 36.4 Å². The van der Waals surface area contributed by atoms with Crippen LogP contribution >= 0.6 is 12.4 Å². The molecule has 0 saturated carbocycles. The van der Waals surface area contributed by atoms with Crippen LogP contribution in [0.3, 0.4) is 0 Å². The predicted molar refractivity (Wildman–Crippen MR) is 77.6 cm³/mol. The molecule has 2 aromatic carbocycles. The number of ether oxygens (including phenoxy) is 1. The van der Waals surface area contributed by atoms with Gasteiger partial charge in [0.15, 0.2) is 0 Å². The van der Waals surface area contributed by atoms with Crippen LogP contribution in [0.25, 0.3) is 0 Å². The first-order valence-corrected chi connectivity index (χ1v) is 5.73. The van der Waals surface area contributed by atoms with Gasteiger partial charge < -0.3 is 10.5 Å². The summed E-state index contributed by atoms with van der Waals surface area (Å²) in [5.74, 6) is 1.71. The van der Waals surface area contributed by atoms with Gasteiger partial charge in [-0.3, -0.25) is 0 Å². The number of halogens is 1. The maximum Gasteiger partial charge on any atom is 0.127 e. The van der Waals surface area contributed by atoms with Crippen LogP contribution in [0.15, 0.2) is 42.5 Å². The summed E-state index contributed by atoms with van der Waals surface area (Å²) in [6.07, 6.45) is 0. The second-order valence-corrected chi connectivity index (χ2v) is 4.20. The first kappa shape index (κ1) is 14.6. The van der Waals surface area contributed by atoms with E-state index < -0.39 is 0 Å². The Morgan fingerprint density at radius 1 is 0.889 bits per heavy atom. The normalized spacial score (nSPS) is 9.72. The van der Waals surface area contributed by atoms with Gasteiger partial charge in [-0.05, 0) is 54.8 Å². The quantitative estimate of drug-likeness (QED) is 0.909. The van der Waals surface area contributed by atoms with Gasteiger partial charge in [-0.25, -0.2) is 0 Å². The summed E-state index contributed by atoms with van der Waals surface area (Å²) in [7, 11) is 0. The zero-order valence-corrected chi connectivity index (χ0v) is 11.5. The van der Waals surface area contributed by atoms with Crippen LogP contribution in [0.2, 0.25) is 0 Å². The predicted octanol–water partition coefficient (Wildman–Crippen LogP) is 3.98. The highest BCUT2D eigenvalue weighted by atomic mass is 35.5. The van der Waals surface area contributed by atoms with Crippen molar-refractivity contribution in [1.29, 1.82) is 0 Å². The summed E-state index contributed by atoms with van der Waals surface area (Å²) >= 11 is 0. The van der Waals surface area contributed by atoms with E-state index in [1.165, 1.54) is 11.1 Å². The Bertz CT molecular complexity index is 508. The number of hydrogen-bond acceptors (Lipinski definition) is 2. The van der Waals surface area contributed by atoms with Crippen molar-refractivity contribution in [3.63, 3.8) is 0 Å². The van der Waals surface area contributed by atoms with Crippen LogP contribution < -0.4 is 10.5 Å². The summed E-state index contributed by atoms with van der Waals surface area (Å²) in [5.41, 5.74) is 9.17. The molecule has 3 heteroatoms. The standard InChI is InChI=1S/C15H17NO.ClH/c1-11-3-6-15(9-12(11)2)17-14-7-4-13(10-16)5-8-14;/h3-9H,10,16H2,1-2H3;1H. The van der Waals surface area contributed by atoms with Crippen molar-refractivity contribution in [2.75, 3.05) is 0 Å². The minimum Gasteiger partial charge on any atom is -0.457 e. The van der Waals surface area contributed by atoms with Gasteiger partial charge in [0.2, 0.25) is 0 Å². The zero-order valence-electron chi connectivity index (χ0n) is 10.6. The summed E-state index contributed by atoms with van der Waals surface area (Å²) in [6, 6.07) is 14.0. The van der Waals surface area contributed by atoms with Crippen LogP contribution in [-0.4, -0.2) is 0 Å². The van der Waals surface area contributed by atoms with Crippen molar-refractivity contribution in [2.45, 2.75) is 20.4 Å². The van der Waals surface area contributed by atoms with Crippen LogP contribution in [-0.2, 0) is 6.54 Å². The van der Waals surface area contributed by atoms with Gasteiger partial charge in [0.05, 0.1) is 0 Å². The van der Waals surface area contributed by atoms with Crippen molar-refractivity contribution >= 4 is 12.4 Å². The number of rotatable bonds is 3. The first-order chi connectivity index (χ1) is 8.19. The Labute approximate surface area is 114 Å². The molecule has 96 valence electrons. The molecule has 0 spiro atoms. The van der Waals surface area contributed by atoms with Gasteiger partial charge in [-0.1, -0.05) is 18.2 Å². The largest absolute Gasteiger partial charge is 0.457 e. The number of aryl methyl sites for hydroxylation is 2. The molecular weight excluding hydrogens is 246 g/mol. The minimum atomic E-state index is 0.